The van der Waals surface area contributed by atoms with Crippen molar-refractivity contribution in [3.8, 4) is 16.9 Å². The Bertz CT molecular complexity index is 1160. The van der Waals surface area contributed by atoms with Crippen LogP contribution in [0.25, 0.3) is 16.9 Å². The standard InChI is InChI=1S/C21H19N7O/c1-14-20(15(2)28(27-14)17-8-4-3-5-9-17)18-11-19(25-24-18)21(29)26-23-13-16-7-6-10-22-12-16/h3-13H,1-2H3,(H,24,25)(H,26,29)/b23-13-. The average molecular weight is 385 g/mol. The van der Waals surface area contributed by atoms with Crippen molar-refractivity contribution in [3.63, 3.8) is 0 Å². The number of pyridine rings is 1. The lowest BCUT2D eigenvalue weighted by Gasteiger charge is -2.04. The number of H-pyrrole nitrogens is 1. The van der Waals surface area contributed by atoms with Gasteiger partial charge in [0.15, 0.2) is 0 Å². The van der Waals surface area contributed by atoms with E-state index in [0.29, 0.717) is 11.4 Å². The van der Waals surface area contributed by atoms with Gasteiger partial charge in [-0.15, -0.1) is 0 Å². The van der Waals surface area contributed by atoms with Gasteiger partial charge in [-0.2, -0.15) is 15.3 Å². The number of hydrogen-bond donors (Lipinski definition) is 2. The Morgan fingerprint density at radius 2 is 2.00 bits per heavy atom. The van der Waals surface area contributed by atoms with Crippen LogP contribution in [0.4, 0.5) is 0 Å². The molecule has 3 heterocycles. The molecule has 0 atom stereocenters. The molecule has 29 heavy (non-hydrogen) atoms. The molecule has 1 aromatic carbocycles. The third-order valence-electron chi connectivity index (χ3n) is 4.43. The zero-order valence-electron chi connectivity index (χ0n) is 16.0. The van der Waals surface area contributed by atoms with Crippen molar-refractivity contribution in [2.45, 2.75) is 13.8 Å². The minimum absolute atomic E-state index is 0.314. The van der Waals surface area contributed by atoms with E-state index in [-0.39, 0.29) is 5.91 Å². The highest BCUT2D eigenvalue weighted by Gasteiger charge is 2.18. The second kappa shape index (κ2) is 7.89. The maximum absolute atomic E-state index is 12.3. The number of nitrogens with one attached hydrogen (secondary N) is 2. The molecule has 144 valence electrons. The molecule has 0 fully saturated rings. The number of hydrogen-bond acceptors (Lipinski definition) is 5. The van der Waals surface area contributed by atoms with Gasteiger partial charge in [-0.05, 0) is 38.1 Å². The summed E-state index contributed by atoms with van der Waals surface area (Å²) in [5, 5.41) is 15.6. The molecule has 0 saturated carbocycles. The Morgan fingerprint density at radius 1 is 1.17 bits per heavy atom. The number of aryl methyl sites for hydroxylation is 1. The summed E-state index contributed by atoms with van der Waals surface area (Å²) in [6.07, 6.45) is 4.85. The summed E-state index contributed by atoms with van der Waals surface area (Å²) in [5.41, 5.74) is 7.88. The van der Waals surface area contributed by atoms with Gasteiger partial charge in [-0.1, -0.05) is 24.3 Å². The topological polar surface area (TPSA) is 101 Å². The summed E-state index contributed by atoms with van der Waals surface area (Å²) >= 11 is 0. The molecule has 0 unspecified atom stereocenters. The molecular weight excluding hydrogens is 366 g/mol. The quantitative estimate of drug-likeness (QED) is 0.407. The lowest BCUT2D eigenvalue weighted by molar-refractivity contribution is 0.0950. The Hall–Kier alpha value is -4.07. The lowest BCUT2D eigenvalue weighted by Crippen LogP contribution is -2.18. The average Bonchev–Trinajstić information content (AvgIpc) is 3.33. The van der Waals surface area contributed by atoms with Crippen molar-refractivity contribution in [1.82, 2.24) is 30.4 Å². The van der Waals surface area contributed by atoms with Crippen LogP contribution in [0.3, 0.4) is 0 Å². The molecule has 0 saturated heterocycles. The lowest BCUT2D eigenvalue weighted by atomic mass is 10.1. The van der Waals surface area contributed by atoms with Crippen LogP contribution in [0.5, 0.6) is 0 Å². The number of carbonyl (C=O) groups is 1. The molecule has 0 aliphatic rings. The van der Waals surface area contributed by atoms with Gasteiger partial charge in [-0.25, -0.2) is 10.1 Å². The predicted molar refractivity (Wildman–Crippen MR) is 110 cm³/mol. The zero-order chi connectivity index (χ0) is 20.2. The highest BCUT2D eigenvalue weighted by molar-refractivity contribution is 5.94. The third kappa shape index (κ3) is 3.81. The predicted octanol–water partition coefficient (Wildman–Crippen LogP) is 3.04. The van der Waals surface area contributed by atoms with Gasteiger partial charge in [0, 0.05) is 23.5 Å². The number of aromatic amines is 1. The van der Waals surface area contributed by atoms with Crippen LogP contribution in [-0.2, 0) is 0 Å². The first kappa shape index (κ1) is 18.3. The van der Waals surface area contributed by atoms with E-state index >= 15 is 0 Å². The first-order chi connectivity index (χ1) is 14.1. The number of hydrazone groups is 1. The number of benzene rings is 1. The molecule has 2 N–H and O–H groups in total. The summed E-state index contributed by atoms with van der Waals surface area (Å²) in [6.45, 7) is 3.91. The van der Waals surface area contributed by atoms with Crippen LogP contribution in [0.15, 0.2) is 66.0 Å². The van der Waals surface area contributed by atoms with Crippen LogP contribution >= 0.6 is 0 Å². The Labute approximate surface area is 167 Å². The Morgan fingerprint density at radius 3 is 2.76 bits per heavy atom. The third-order valence-corrected chi connectivity index (χ3v) is 4.43. The van der Waals surface area contributed by atoms with Gasteiger partial charge in [0.2, 0.25) is 0 Å². The second-order valence-electron chi connectivity index (χ2n) is 6.45. The molecule has 4 aromatic rings. The largest absolute Gasteiger partial charge is 0.289 e. The summed E-state index contributed by atoms with van der Waals surface area (Å²) in [6, 6.07) is 15.2. The molecular formula is C21H19N7O. The number of amides is 1. The molecule has 4 rings (SSSR count). The maximum Gasteiger partial charge on any atom is 0.289 e. The molecule has 1 amide bonds. The van der Waals surface area contributed by atoms with Gasteiger partial charge in [0.25, 0.3) is 5.91 Å². The number of para-hydroxylation sites is 1. The maximum atomic E-state index is 12.3. The van der Waals surface area contributed by atoms with E-state index in [0.717, 1.165) is 28.2 Å². The molecule has 0 aliphatic heterocycles. The van der Waals surface area contributed by atoms with E-state index < -0.39 is 0 Å². The smallest absolute Gasteiger partial charge is 0.272 e. The number of carbonyl (C=O) groups excluding carboxylic acids is 1. The minimum Gasteiger partial charge on any atom is -0.272 e. The van der Waals surface area contributed by atoms with E-state index in [1.807, 2.05) is 54.9 Å². The second-order valence-corrected chi connectivity index (χ2v) is 6.45. The fourth-order valence-electron chi connectivity index (χ4n) is 3.08. The van der Waals surface area contributed by atoms with Gasteiger partial charge >= 0.3 is 0 Å². The van der Waals surface area contributed by atoms with E-state index in [2.05, 4.69) is 30.8 Å². The van der Waals surface area contributed by atoms with Crippen LogP contribution in [0.1, 0.15) is 27.4 Å². The zero-order valence-corrected chi connectivity index (χ0v) is 16.0. The Kier molecular flexibility index (Phi) is 4.98. The molecule has 8 heteroatoms. The van der Waals surface area contributed by atoms with Crippen LogP contribution in [0.2, 0.25) is 0 Å². The van der Waals surface area contributed by atoms with Crippen LogP contribution in [0, 0.1) is 13.8 Å². The van der Waals surface area contributed by atoms with E-state index in [1.165, 1.54) is 6.21 Å². The highest BCUT2D eigenvalue weighted by Crippen LogP contribution is 2.27. The molecule has 0 aliphatic carbocycles. The molecule has 3 aromatic heterocycles. The molecule has 0 spiro atoms. The molecule has 0 bridgehead atoms. The summed E-state index contributed by atoms with van der Waals surface area (Å²) < 4.78 is 1.87. The highest BCUT2D eigenvalue weighted by atomic mass is 16.2. The first-order valence-electron chi connectivity index (χ1n) is 9.04. The van der Waals surface area contributed by atoms with Gasteiger partial charge < -0.3 is 0 Å². The fraction of sp³-hybridized carbons (Fsp3) is 0.0952. The van der Waals surface area contributed by atoms with Gasteiger partial charge in [0.05, 0.1) is 29.0 Å². The van der Waals surface area contributed by atoms with Gasteiger partial charge in [-0.3, -0.25) is 14.9 Å². The summed E-state index contributed by atoms with van der Waals surface area (Å²) in [7, 11) is 0. The van der Waals surface area contributed by atoms with Crippen LogP contribution in [-0.4, -0.2) is 37.1 Å². The molecule has 0 radical (unpaired) electrons. The van der Waals surface area contributed by atoms with E-state index in [1.54, 1.807) is 24.5 Å². The summed E-state index contributed by atoms with van der Waals surface area (Å²) in [5.74, 6) is -0.380. The fourth-order valence-corrected chi connectivity index (χ4v) is 3.08. The van der Waals surface area contributed by atoms with Crippen LogP contribution < -0.4 is 5.43 Å². The van der Waals surface area contributed by atoms with E-state index in [9.17, 15) is 4.79 Å². The van der Waals surface area contributed by atoms with Crippen molar-refractivity contribution in [3.05, 3.63) is 83.6 Å². The normalized spacial score (nSPS) is 11.1. The van der Waals surface area contributed by atoms with E-state index in [4.69, 9.17) is 0 Å². The number of rotatable bonds is 5. The first-order valence-corrected chi connectivity index (χ1v) is 9.04. The monoisotopic (exact) mass is 385 g/mol. The number of nitrogens with zero attached hydrogens (tertiary/aromatic N) is 5. The van der Waals surface area contributed by atoms with Crippen molar-refractivity contribution in [2.75, 3.05) is 0 Å². The van der Waals surface area contributed by atoms with Crippen molar-refractivity contribution < 1.29 is 4.79 Å². The van der Waals surface area contributed by atoms with Gasteiger partial charge in [0.1, 0.15) is 5.69 Å². The van der Waals surface area contributed by atoms with Crippen molar-refractivity contribution in [1.29, 1.82) is 0 Å². The Balaban J connectivity index is 1.54. The number of aromatic nitrogens is 5. The minimum atomic E-state index is -0.380. The summed E-state index contributed by atoms with van der Waals surface area (Å²) in [4.78, 5) is 16.3. The van der Waals surface area contributed by atoms with Crippen molar-refractivity contribution in [2.24, 2.45) is 5.10 Å². The van der Waals surface area contributed by atoms with Crippen molar-refractivity contribution >= 4 is 12.1 Å². The SMILES string of the molecule is Cc1nn(-c2ccccc2)c(C)c1-c1cc(C(=O)N/N=C\c2cccnc2)[nH]n1. The molecule has 8 nitrogen and oxygen atoms in total.